The van der Waals surface area contributed by atoms with Crippen molar-refractivity contribution in [3.05, 3.63) is 115 Å². The van der Waals surface area contributed by atoms with Gasteiger partial charge in [0, 0.05) is 115 Å². The summed E-state index contributed by atoms with van der Waals surface area (Å²) in [6.45, 7) is 7.76. The molecule has 2 amide bonds. The maximum Gasteiger partial charge on any atom is 0.416 e. The molecule has 22 heteroatoms. The van der Waals surface area contributed by atoms with Crippen LogP contribution in [0.1, 0.15) is 26.3 Å². The lowest BCUT2D eigenvalue weighted by Crippen LogP contribution is -2.49. The van der Waals surface area contributed by atoms with Crippen LogP contribution in [0.2, 0.25) is 5.02 Å². The summed E-state index contributed by atoms with van der Waals surface area (Å²) in [5.41, 5.74) is 0.862. The number of morpholine rings is 2. The molecule has 0 N–H and O–H groups in total. The number of ether oxygens (including phenoxy) is 2. The third kappa shape index (κ3) is 10.7. The summed E-state index contributed by atoms with van der Waals surface area (Å²) in [4.78, 5) is 67.6. The largest absolute Gasteiger partial charge is 0.416 e. The first kappa shape index (κ1) is 44.7. The highest BCUT2D eigenvalue weighted by Crippen LogP contribution is 2.33. The minimum atomic E-state index is -4.46. The SMILES string of the molecule is O=C(c1cc([N+](=O)[O-])ccc1N1CCOCC1)N1CCN(c2cc(C(F)(F)F)ccn2)CC1.O=C(c1cc([N+](=O)[O-])ccc1N1CCOCC1)N1CCN(c2ncccc2Cl)CC1. The van der Waals surface area contributed by atoms with Crippen LogP contribution in [0.5, 0.6) is 0 Å². The van der Waals surface area contributed by atoms with Gasteiger partial charge in [-0.15, -0.1) is 0 Å². The van der Waals surface area contributed by atoms with Gasteiger partial charge in [-0.2, -0.15) is 13.2 Å². The van der Waals surface area contributed by atoms with E-state index in [9.17, 15) is 43.0 Å². The van der Waals surface area contributed by atoms with E-state index in [0.717, 1.165) is 18.3 Å². The first-order chi connectivity index (χ1) is 30.3. The molecule has 2 aromatic carbocycles. The lowest BCUT2D eigenvalue weighted by Gasteiger charge is -2.37. The molecular formula is C41H44ClF3N10O8. The molecule has 0 spiro atoms. The Bertz CT molecular complexity index is 2300. The zero-order valence-electron chi connectivity index (χ0n) is 34.0. The number of nitrogens with zero attached hydrogens (tertiary/aromatic N) is 10. The number of non-ortho nitro benzene ring substituents is 2. The van der Waals surface area contributed by atoms with Crippen molar-refractivity contribution >= 4 is 57.8 Å². The molecule has 4 aliphatic rings. The first-order valence-electron chi connectivity index (χ1n) is 20.2. The number of carbonyl (C=O) groups is 2. The van der Waals surface area contributed by atoms with E-state index in [1.54, 1.807) is 45.2 Å². The smallest absolute Gasteiger partial charge is 0.378 e. The Morgan fingerprint density at radius 1 is 0.603 bits per heavy atom. The normalized spacial score (nSPS) is 17.2. The molecule has 4 fully saturated rings. The van der Waals surface area contributed by atoms with Crippen molar-refractivity contribution in [1.29, 1.82) is 0 Å². The van der Waals surface area contributed by atoms with Crippen LogP contribution in [0.15, 0.2) is 73.1 Å². The average molecular weight is 897 g/mol. The summed E-state index contributed by atoms with van der Waals surface area (Å²) in [5, 5.41) is 23.2. The van der Waals surface area contributed by atoms with Crippen molar-refractivity contribution in [2.24, 2.45) is 0 Å². The van der Waals surface area contributed by atoms with Crippen molar-refractivity contribution in [2.75, 3.05) is 125 Å². The lowest BCUT2D eigenvalue weighted by atomic mass is 10.1. The lowest BCUT2D eigenvalue weighted by molar-refractivity contribution is -0.385. The first-order valence-corrected chi connectivity index (χ1v) is 20.6. The Balaban J connectivity index is 0.000000190. The van der Waals surface area contributed by atoms with E-state index in [-0.39, 0.29) is 47.7 Å². The molecule has 0 radical (unpaired) electrons. The van der Waals surface area contributed by atoms with Crippen LogP contribution in [0.3, 0.4) is 0 Å². The molecule has 4 saturated heterocycles. The predicted molar refractivity (Wildman–Crippen MR) is 227 cm³/mol. The van der Waals surface area contributed by atoms with Gasteiger partial charge < -0.3 is 38.9 Å². The Hall–Kier alpha value is -6.32. The van der Waals surface area contributed by atoms with Gasteiger partial charge in [0.1, 0.15) is 11.6 Å². The Labute approximate surface area is 364 Å². The van der Waals surface area contributed by atoms with Gasteiger partial charge >= 0.3 is 6.18 Å². The van der Waals surface area contributed by atoms with Crippen LogP contribution in [0.4, 0.5) is 47.6 Å². The maximum absolute atomic E-state index is 13.3. The van der Waals surface area contributed by atoms with Crippen LogP contribution in [0, 0.1) is 20.2 Å². The van der Waals surface area contributed by atoms with E-state index in [1.807, 2.05) is 14.7 Å². The molecule has 0 aliphatic carbocycles. The molecule has 4 aliphatic heterocycles. The maximum atomic E-state index is 13.3. The average Bonchev–Trinajstić information content (AvgIpc) is 3.31. The standard InChI is InChI=1S/C21H22F3N5O4.C20H22ClN5O4/c22-21(23,24)15-3-4-25-19(13-15)27-5-7-28(8-6-27)20(30)17-14-16(29(31)32)1-2-18(17)26-9-11-33-12-10-26;21-17-2-1-5-22-19(17)24-6-8-25(9-7-24)20(27)16-14-15(26(28)29)3-4-18(16)23-10-12-30-13-11-23/h1-4,13-14H,5-12H2;1-5,14H,6-13H2. The van der Waals surface area contributed by atoms with Crippen LogP contribution in [0.25, 0.3) is 0 Å². The van der Waals surface area contributed by atoms with Gasteiger partial charge in [0.2, 0.25) is 0 Å². The van der Waals surface area contributed by atoms with Crippen molar-refractivity contribution < 1.29 is 42.1 Å². The van der Waals surface area contributed by atoms with Gasteiger partial charge in [-0.05, 0) is 36.4 Å². The fraction of sp³-hybridized carbons (Fsp3) is 0.415. The molecular weight excluding hydrogens is 853 g/mol. The second-order valence-corrected chi connectivity index (χ2v) is 15.3. The number of rotatable bonds is 8. The zero-order valence-corrected chi connectivity index (χ0v) is 34.7. The fourth-order valence-electron chi connectivity index (χ4n) is 7.76. The van der Waals surface area contributed by atoms with Crippen molar-refractivity contribution in [3.8, 4) is 0 Å². The topological polar surface area (TPSA) is 184 Å². The minimum Gasteiger partial charge on any atom is -0.378 e. The second-order valence-electron chi connectivity index (χ2n) is 14.9. The fourth-order valence-corrected chi connectivity index (χ4v) is 8.00. The van der Waals surface area contributed by atoms with Gasteiger partial charge in [0.05, 0.1) is 69.4 Å². The monoisotopic (exact) mass is 896 g/mol. The summed E-state index contributed by atoms with van der Waals surface area (Å²) in [6, 6.07) is 14.2. The number of hydrogen-bond donors (Lipinski definition) is 0. The molecule has 8 rings (SSSR count). The minimum absolute atomic E-state index is 0.0886. The zero-order chi connectivity index (χ0) is 44.7. The van der Waals surface area contributed by atoms with Crippen LogP contribution >= 0.6 is 11.6 Å². The molecule has 0 atom stereocenters. The number of nitro benzene ring substituents is 2. The summed E-state index contributed by atoms with van der Waals surface area (Å²) in [6.07, 6.45) is -1.66. The van der Waals surface area contributed by atoms with E-state index >= 15 is 0 Å². The van der Waals surface area contributed by atoms with Crippen molar-refractivity contribution in [2.45, 2.75) is 6.18 Å². The number of piperazine rings is 2. The van der Waals surface area contributed by atoms with Crippen LogP contribution in [-0.2, 0) is 15.7 Å². The highest BCUT2D eigenvalue weighted by atomic mass is 35.5. The number of alkyl halides is 3. The number of benzene rings is 2. The van der Waals surface area contributed by atoms with Gasteiger partial charge in [0.25, 0.3) is 23.2 Å². The van der Waals surface area contributed by atoms with Gasteiger partial charge in [-0.1, -0.05) is 11.6 Å². The number of pyridine rings is 2. The van der Waals surface area contributed by atoms with Crippen molar-refractivity contribution in [3.63, 3.8) is 0 Å². The summed E-state index contributed by atoms with van der Waals surface area (Å²) < 4.78 is 49.8. The third-order valence-electron chi connectivity index (χ3n) is 11.1. The molecule has 2 aromatic heterocycles. The molecule has 6 heterocycles. The van der Waals surface area contributed by atoms with E-state index in [4.69, 9.17) is 21.1 Å². The van der Waals surface area contributed by atoms with E-state index in [2.05, 4.69) is 9.97 Å². The molecule has 0 saturated carbocycles. The molecule has 334 valence electrons. The second kappa shape index (κ2) is 19.8. The molecule has 0 bridgehead atoms. The third-order valence-corrected chi connectivity index (χ3v) is 11.4. The number of nitro groups is 2. The number of carbonyl (C=O) groups excluding carboxylic acids is 2. The molecule has 4 aromatic rings. The van der Waals surface area contributed by atoms with E-state index in [0.29, 0.717) is 120 Å². The summed E-state index contributed by atoms with van der Waals surface area (Å²) in [7, 11) is 0. The Morgan fingerprint density at radius 2 is 1.08 bits per heavy atom. The molecule has 63 heavy (non-hydrogen) atoms. The van der Waals surface area contributed by atoms with Crippen LogP contribution in [-0.4, -0.2) is 146 Å². The highest BCUT2D eigenvalue weighted by molar-refractivity contribution is 6.32. The molecule has 0 unspecified atom stereocenters. The summed E-state index contributed by atoms with van der Waals surface area (Å²) in [5.74, 6) is 0.348. The number of anilines is 4. The Kier molecular flexibility index (Phi) is 14.1. The predicted octanol–water partition coefficient (Wildman–Crippen LogP) is 5.25. The quantitative estimate of drug-likeness (QED) is 0.165. The van der Waals surface area contributed by atoms with Crippen molar-refractivity contribution in [1.82, 2.24) is 19.8 Å². The molecule has 18 nitrogen and oxygen atoms in total. The van der Waals surface area contributed by atoms with Crippen LogP contribution < -0.4 is 19.6 Å². The number of amides is 2. The number of aromatic nitrogens is 2. The Morgan fingerprint density at radius 3 is 1.52 bits per heavy atom. The van der Waals surface area contributed by atoms with E-state index < -0.39 is 21.6 Å². The van der Waals surface area contributed by atoms with Gasteiger partial charge in [0.15, 0.2) is 0 Å². The van der Waals surface area contributed by atoms with Gasteiger partial charge in [-0.3, -0.25) is 29.8 Å². The highest BCUT2D eigenvalue weighted by Gasteiger charge is 2.33. The van der Waals surface area contributed by atoms with Gasteiger partial charge in [-0.25, -0.2) is 9.97 Å². The number of halogens is 4. The number of hydrogen-bond acceptors (Lipinski definition) is 14. The summed E-state index contributed by atoms with van der Waals surface area (Å²) >= 11 is 6.24. The van der Waals surface area contributed by atoms with E-state index in [1.165, 1.54) is 24.3 Å².